The Morgan fingerprint density at radius 1 is 1.03 bits per heavy atom. The van der Waals surface area contributed by atoms with Gasteiger partial charge in [0.15, 0.2) is 5.78 Å². The Balaban J connectivity index is 1.44. The van der Waals surface area contributed by atoms with Gasteiger partial charge in [-0.1, -0.05) is 23.8 Å². The van der Waals surface area contributed by atoms with Gasteiger partial charge in [0.05, 0.1) is 5.69 Å². The molecule has 31 heavy (non-hydrogen) atoms. The number of nitrogens with zero attached hydrogens (tertiary/aromatic N) is 2. The number of halogens is 1. The number of piperidine rings is 1. The van der Waals surface area contributed by atoms with Crippen LogP contribution in [-0.2, 0) is 0 Å². The van der Waals surface area contributed by atoms with Crippen molar-refractivity contribution in [1.82, 2.24) is 9.88 Å². The summed E-state index contributed by atoms with van der Waals surface area (Å²) in [5.41, 5.74) is 4.43. The number of amides is 1. The van der Waals surface area contributed by atoms with E-state index in [1.165, 1.54) is 23.5 Å². The van der Waals surface area contributed by atoms with Gasteiger partial charge in [0.2, 0.25) is 0 Å². The van der Waals surface area contributed by atoms with E-state index in [0.29, 0.717) is 41.5 Å². The maximum atomic E-state index is 13.2. The highest BCUT2D eigenvalue weighted by molar-refractivity contribution is 7.17. The fourth-order valence-electron chi connectivity index (χ4n) is 4.11. The van der Waals surface area contributed by atoms with Gasteiger partial charge in [-0.2, -0.15) is 0 Å². The number of benzene rings is 2. The van der Waals surface area contributed by atoms with E-state index in [0.717, 1.165) is 22.3 Å². The monoisotopic (exact) mass is 436 g/mol. The van der Waals surface area contributed by atoms with E-state index >= 15 is 0 Å². The molecule has 0 N–H and O–H groups in total. The fraction of sp³-hybridized carbons (Fsp3) is 0.320. The molecular formula is C25H25FN2O2S. The zero-order valence-electron chi connectivity index (χ0n) is 17.9. The highest BCUT2D eigenvalue weighted by Gasteiger charge is 2.30. The van der Waals surface area contributed by atoms with Gasteiger partial charge in [-0.05, 0) is 63.4 Å². The summed E-state index contributed by atoms with van der Waals surface area (Å²) in [6, 6.07) is 12.1. The van der Waals surface area contributed by atoms with Gasteiger partial charge in [-0.3, -0.25) is 9.59 Å². The van der Waals surface area contributed by atoms with Gasteiger partial charge in [0.25, 0.3) is 5.91 Å². The zero-order valence-corrected chi connectivity index (χ0v) is 18.8. The largest absolute Gasteiger partial charge is 0.338 e. The predicted octanol–water partition coefficient (Wildman–Crippen LogP) is 5.61. The van der Waals surface area contributed by atoms with Crippen LogP contribution in [0.15, 0.2) is 42.5 Å². The van der Waals surface area contributed by atoms with Crippen molar-refractivity contribution in [2.75, 3.05) is 13.1 Å². The molecule has 0 aliphatic carbocycles. The lowest BCUT2D eigenvalue weighted by Gasteiger charge is -2.31. The van der Waals surface area contributed by atoms with Crippen molar-refractivity contribution in [2.45, 2.75) is 33.6 Å². The van der Waals surface area contributed by atoms with Crippen LogP contribution in [0, 0.1) is 32.5 Å². The summed E-state index contributed by atoms with van der Waals surface area (Å²) in [7, 11) is 0. The van der Waals surface area contributed by atoms with E-state index < -0.39 is 0 Å². The van der Waals surface area contributed by atoms with Crippen molar-refractivity contribution in [3.8, 4) is 10.6 Å². The minimum absolute atomic E-state index is 0.0409. The molecule has 2 heterocycles. The van der Waals surface area contributed by atoms with Crippen LogP contribution in [0.2, 0.25) is 0 Å². The highest BCUT2D eigenvalue weighted by atomic mass is 32.1. The fourth-order valence-corrected chi connectivity index (χ4v) is 5.15. The zero-order chi connectivity index (χ0) is 22.1. The molecule has 3 aromatic rings. The van der Waals surface area contributed by atoms with Crippen LogP contribution >= 0.6 is 11.3 Å². The topological polar surface area (TPSA) is 50.3 Å². The Morgan fingerprint density at radius 2 is 1.71 bits per heavy atom. The summed E-state index contributed by atoms with van der Waals surface area (Å²) >= 11 is 1.34. The molecule has 0 atom stereocenters. The molecular weight excluding hydrogens is 411 g/mol. The lowest BCUT2D eigenvalue weighted by Crippen LogP contribution is -2.40. The quantitative estimate of drug-likeness (QED) is 0.500. The molecule has 0 bridgehead atoms. The maximum Gasteiger partial charge on any atom is 0.265 e. The van der Waals surface area contributed by atoms with Gasteiger partial charge in [0, 0.05) is 30.1 Å². The van der Waals surface area contributed by atoms with Crippen LogP contribution in [-0.4, -0.2) is 34.7 Å². The third-order valence-electron chi connectivity index (χ3n) is 5.88. The second-order valence-corrected chi connectivity index (χ2v) is 9.19. The molecule has 1 aliphatic rings. The Hall–Kier alpha value is -2.86. The number of rotatable bonds is 4. The standard InChI is InChI=1S/C25H25FN2O2S/c1-15-4-9-21(16(2)14-15)22(29)18-10-12-28(13-11-18)25(30)23-17(3)27-24(31-23)19-5-7-20(26)8-6-19/h4-9,14,18H,10-13H2,1-3H3. The summed E-state index contributed by atoms with van der Waals surface area (Å²) in [5.74, 6) is -0.215. The first-order valence-electron chi connectivity index (χ1n) is 10.5. The third kappa shape index (κ3) is 4.44. The molecule has 0 unspecified atom stereocenters. The van der Waals surface area contributed by atoms with Gasteiger partial charge >= 0.3 is 0 Å². The van der Waals surface area contributed by atoms with Gasteiger partial charge in [-0.15, -0.1) is 11.3 Å². The van der Waals surface area contributed by atoms with E-state index in [1.54, 1.807) is 12.1 Å². The lowest BCUT2D eigenvalue weighted by molar-refractivity contribution is 0.0653. The Bertz CT molecular complexity index is 1130. The average Bonchev–Trinajstić information content (AvgIpc) is 3.15. The molecule has 0 spiro atoms. The van der Waals surface area contributed by atoms with E-state index in [1.807, 2.05) is 43.9 Å². The number of aryl methyl sites for hydroxylation is 3. The van der Waals surface area contributed by atoms with Crippen LogP contribution in [0.4, 0.5) is 4.39 Å². The molecule has 160 valence electrons. The molecule has 0 radical (unpaired) electrons. The Labute approximate surface area is 185 Å². The van der Waals surface area contributed by atoms with Crippen molar-refractivity contribution >= 4 is 23.0 Å². The molecule has 1 saturated heterocycles. The van der Waals surface area contributed by atoms with Gasteiger partial charge < -0.3 is 4.90 Å². The lowest BCUT2D eigenvalue weighted by atomic mass is 9.87. The average molecular weight is 437 g/mol. The molecule has 1 amide bonds. The summed E-state index contributed by atoms with van der Waals surface area (Å²) in [4.78, 5) is 33.0. The van der Waals surface area contributed by atoms with Gasteiger partial charge in [0.1, 0.15) is 15.7 Å². The number of carbonyl (C=O) groups excluding carboxylic acids is 2. The van der Waals surface area contributed by atoms with E-state index in [2.05, 4.69) is 4.98 Å². The van der Waals surface area contributed by atoms with Crippen LogP contribution in [0.5, 0.6) is 0 Å². The summed E-state index contributed by atoms with van der Waals surface area (Å²) in [6.07, 6.45) is 1.33. The Morgan fingerprint density at radius 3 is 2.35 bits per heavy atom. The second kappa shape index (κ2) is 8.71. The van der Waals surface area contributed by atoms with E-state index in [4.69, 9.17) is 0 Å². The number of likely N-dealkylation sites (tertiary alicyclic amines) is 1. The van der Waals surface area contributed by atoms with E-state index in [-0.39, 0.29) is 23.4 Å². The van der Waals surface area contributed by atoms with Crippen molar-refractivity contribution in [3.05, 3.63) is 75.5 Å². The first-order valence-corrected chi connectivity index (χ1v) is 11.3. The number of hydrogen-bond donors (Lipinski definition) is 0. The predicted molar refractivity (Wildman–Crippen MR) is 121 cm³/mol. The molecule has 2 aromatic carbocycles. The molecule has 1 fully saturated rings. The summed E-state index contributed by atoms with van der Waals surface area (Å²) in [5, 5.41) is 0.709. The SMILES string of the molecule is Cc1ccc(C(=O)C2CCN(C(=O)c3sc(-c4ccc(F)cc4)nc3C)CC2)c(C)c1. The molecule has 4 nitrogen and oxygen atoms in total. The first-order chi connectivity index (χ1) is 14.8. The highest BCUT2D eigenvalue weighted by Crippen LogP contribution is 2.31. The minimum Gasteiger partial charge on any atom is -0.338 e. The van der Waals surface area contributed by atoms with Crippen molar-refractivity contribution in [1.29, 1.82) is 0 Å². The summed E-state index contributed by atoms with van der Waals surface area (Å²) in [6.45, 7) is 6.94. The third-order valence-corrected chi connectivity index (χ3v) is 7.08. The molecule has 4 rings (SSSR count). The van der Waals surface area contributed by atoms with Gasteiger partial charge in [-0.25, -0.2) is 9.37 Å². The normalized spacial score (nSPS) is 14.6. The number of carbonyl (C=O) groups is 2. The van der Waals surface area contributed by atoms with Crippen LogP contribution in [0.25, 0.3) is 10.6 Å². The molecule has 1 aliphatic heterocycles. The molecule has 1 aromatic heterocycles. The van der Waals surface area contributed by atoms with Crippen molar-refractivity contribution in [3.63, 3.8) is 0 Å². The first kappa shape index (κ1) is 21.4. The number of ketones is 1. The number of hydrogen-bond acceptors (Lipinski definition) is 4. The summed E-state index contributed by atoms with van der Waals surface area (Å²) < 4.78 is 13.2. The number of thiazole rings is 1. The smallest absolute Gasteiger partial charge is 0.265 e. The van der Waals surface area contributed by atoms with Crippen molar-refractivity contribution < 1.29 is 14.0 Å². The molecule has 0 saturated carbocycles. The van der Waals surface area contributed by atoms with Crippen LogP contribution in [0.3, 0.4) is 0 Å². The Kier molecular flexibility index (Phi) is 6.01. The van der Waals surface area contributed by atoms with Crippen LogP contribution in [0.1, 0.15) is 49.7 Å². The minimum atomic E-state index is -0.299. The van der Waals surface area contributed by atoms with E-state index in [9.17, 15) is 14.0 Å². The second-order valence-electron chi connectivity index (χ2n) is 8.19. The van der Waals surface area contributed by atoms with Crippen LogP contribution < -0.4 is 0 Å². The molecule has 6 heteroatoms. The number of Topliss-reactive ketones (excluding diaryl/α,β-unsaturated/α-hetero) is 1. The number of aromatic nitrogens is 1. The maximum absolute atomic E-state index is 13.2. The van der Waals surface area contributed by atoms with Crippen molar-refractivity contribution in [2.24, 2.45) is 5.92 Å².